The smallest absolute Gasteiger partial charge is 0.321 e. The summed E-state index contributed by atoms with van der Waals surface area (Å²) in [6.07, 6.45) is -1.52. The van der Waals surface area contributed by atoms with Crippen LogP contribution in [-0.2, 0) is 14.3 Å². The van der Waals surface area contributed by atoms with Crippen LogP contribution < -0.4 is 21.7 Å². The van der Waals surface area contributed by atoms with Crippen molar-refractivity contribution in [2.75, 3.05) is 0 Å². The molecule has 2 atom stereocenters. The van der Waals surface area contributed by atoms with Crippen LogP contribution in [0.15, 0.2) is 24.3 Å². The molecule has 0 aliphatic carbocycles. The summed E-state index contributed by atoms with van der Waals surface area (Å²) in [6.45, 7) is 4.78. The predicted molar refractivity (Wildman–Crippen MR) is 98.9 cm³/mol. The van der Waals surface area contributed by atoms with Gasteiger partial charge in [0.05, 0.1) is 12.5 Å². The Bertz CT molecular complexity index is 710. The first kappa shape index (κ1) is 22.2. The predicted octanol–water partition coefficient (Wildman–Crippen LogP) is 1.61. The standard InChI is InChI=1S/C17H23ClN4O5/c1-9(2)20-17(26)22-15(24)10(3)27-14(23)8-13(21-16(19)25)11-6-4-5-7-12(11)18/h4-7,9-10,13H,8H2,1-3H3,(H3,19,21,25)(H2,20,22,24,26)/t10-,13-/m1/s1. The van der Waals surface area contributed by atoms with Gasteiger partial charge in [-0.1, -0.05) is 29.8 Å². The van der Waals surface area contributed by atoms with Crippen molar-refractivity contribution in [3.63, 3.8) is 0 Å². The van der Waals surface area contributed by atoms with E-state index in [0.29, 0.717) is 10.6 Å². The summed E-state index contributed by atoms with van der Waals surface area (Å²) in [7, 11) is 0. The summed E-state index contributed by atoms with van der Waals surface area (Å²) in [5.41, 5.74) is 5.62. The van der Waals surface area contributed by atoms with Gasteiger partial charge >= 0.3 is 18.0 Å². The lowest BCUT2D eigenvalue weighted by Crippen LogP contribution is -2.46. The van der Waals surface area contributed by atoms with E-state index in [0.717, 1.165) is 0 Å². The molecule has 0 fully saturated rings. The number of nitrogens with two attached hydrogens (primary N) is 1. The van der Waals surface area contributed by atoms with Gasteiger partial charge < -0.3 is 21.1 Å². The molecule has 0 radical (unpaired) electrons. The number of nitrogens with one attached hydrogen (secondary N) is 3. The normalized spacial score (nSPS) is 12.6. The van der Waals surface area contributed by atoms with E-state index in [1.807, 2.05) is 0 Å². The number of halogens is 1. The van der Waals surface area contributed by atoms with Gasteiger partial charge in [-0.05, 0) is 32.4 Å². The number of primary amides is 1. The van der Waals surface area contributed by atoms with E-state index in [1.165, 1.54) is 6.92 Å². The molecule has 5 amide bonds. The molecule has 1 aromatic carbocycles. The Morgan fingerprint density at radius 1 is 1.11 bits per heavy atom. The highest BCUT2D eigenvalue weighted by Crippen LogP contribution is 2.25. The van der Waals surface area contributed by atoms with Gasteiger partial charge in [0, 0.05) is 11.1 Å². The monoisotopic (exact) mass is 398 g/mol. The molecule has 0 spiro atoms. The van der Waals surface area contributed by atoms with E-state index in [1.54, 1.807) is 38.1 Å². The van der Waals surface area contributed by atoms with Gasteiger partial charge in [0.1, 0.15) is 0 Å². The van der Waals surface area contributed by atoms with Crippen molar-refractivity contribution in [2.45, 2.75) is 45.4 Å². The lowest BCUT2D eigenvalue weighted by atomic mass is 10.0. The van der Waals surface area contributed by atoms with E-state index in [9.17, 15) is 19.2 Å². The maximum Gasteiger partial charge on any atom is 0.321 e. The van der Waals surface area contributed by atoms with Crippen LogP contribution in [0.2, 0.25) is 5.02 Å². The second kappa shape index (κ2) is 10.4. The molecule has 0 saturated carbocycles. The van der Waals surface area contributed by atoms with Crippen LogP contribution in [-0.4, -0.2) is 36.1 Å². The first-order valence-corrected chi connectivity index (χ1v) is 8.59. The van der Waals surface area contributed by atoms with Crippen molar-refractivity contribution in [1.29, 1.82) is 0 Å². The fourth-order valence-electron chi connectivity index (χ4n) is 2.15. The molecule has 5 N–H and O–H groups in total. The number of carbonyl (C=O) groups excluding carboxylic acids is 4. The number of benzene rings is 1. The zero-order valence-corrected chi connectivity index (χ0v) is 16.0. The van der Waals surface area contributed by atoms with E-state index < -0.39 is 36.1 Å². The van der Waals surface area contributed by atoms with E-state index in [2.05, 4.69) is 16.0 Å². The maximum atomic E-state index is 12.2. The molecule has 0 heterocycles. The number of imide groups is 1. The molecule has 27 heavy (non-hydrogen) atoms. The number of hydrogen-bond donors (Lipinski definition) is 4. The van der Waals surface area contributed by atoms with Crippen LogP contribution in [0.4, 0.5) is 9.59 Å². The summed E-state index contributed by atoms with van der Waals surface area (Å²) in [5.74, 6) is -1.56. The van der Waals surface area contributed by atoms with Crippen LogP contribution in [0.5, 0.6) is 0 Å². The Hall–Kier alpha value is -2.81. The van der Waals surface area contributed by atoms with Crippen molar-refractivity contribution < 1.29 is 23.9 Å². The van der Waals surface area contributed by atoms with Gasteiger partial charge in [-0.2, -0.15) is 0 Å². The van der Waals surface area contributed by atoms with E-state index >= 15 is 0 Å². The van der Waals surface area contributed by atoms with Gasteiger partial charge in [-0.15, -0.1) is 0 Å². The van der Waals surface area contributed by atoms with Gasteiger partial charge in [0.15, 0.2) is 6.10 Å². The summed E-state index contributed by atoms with van der Waals surface area (Å²) in [5, 5.41) is 7.29. The highest BCUT2D eigenvalue weighted by Gasteiger charge is 2.24. The number of amides is 5. The SMILES string of the molecule is CC(C)NC(=O)NC(=O)[C@@H](C)OC(=O)C[C@@H](NC(N)=O)c1ccccc1Cl. The lowest BCUT2D eigenvalue weighted by molar-refractivity contribution is -0.154. The molecule has 1 rings (SSSR count). The molecule has 0 aliphatic rings. The minimum Gasteiger partial charge on any atom is -0.452 e. The number of carbonyl (C=O) groups is 4. The van der Waals surface area contributed by atoms with Crippen molar-refractivity contribution in [2.24, 2.45) is 5.73 Å². The fourth-order valence-corrected chi connectivity index (χ4v) is 2.41. The Labute approximate surface area is 161 Å². The summed E-state index contributed by atoms with van der Waals surface area (Å²) >= 11 is 6.09. The van der Waals surface area contributed by atoms with Crippen molar-refractivity contribution in [3.05, 3.63) is 34.9 Å². The number of rotatable bonds is 7. The molecule has 148 valence electrons. The third-order valence-electron chi connectivity index (χ3n) is 3.30. The molecule has 0 saturated heterocycles. The molecule has 9 nitrogen and oxygen atoms in total. The average molecular weight is 399 g/mol. The summed E-state index contributed by atoms with van der Waals surface area (Å²) in [6, 6.07) is 4.08. The van der Waals surface area contributed by atoms with Gasteiger partial charge in [0.25, 0.3) is 5.91 Å². The Morgan fingerprint density at radius 3 is 2.30 bits per heavy atom. The minimum atomic E-state index is -1.21. The van der Waals surface area contributed by atoms with Crippen LogP contribution in [0.1, 0.15) is 38.8 Å². The van der Waals surface area contributed by atoms with Crippen molar-refractivity contribution in [3.8, 4) is 0 Å². The minimum absolute atomic E-state index is 0.160. The molecule has 0 aliphatic heterocycles. The number of urea groups is 2. The van der Waals surface area contributed by atoms with Crippen LogP contribution >= 0.6 is 11.6 Å². The first-order chi connectivity index (χ1) is 12.6. The fraction of sp³-hybridized carbons (Fsp3) is 0.412. The molecule has 0 aromatic heterocycles. The molecular formula is C17H23ClN4O5. The molecule has 10 heteroatoms. The van der Waals surface area contributed by atoms with Crippen LogP contribution in [0.25, 0.3) is 0 Å². The Morgan fingerprint density at radius 2 is 1.74 bits per heavy atom. The molecule has 0 unspecified atom stereocenters. The molecule has 0 bridgehead atoms. The van der Waals surface area contributed by atoms with Crippen molar-refractivity contribution in [1.82, 2.24) is 16.0 Å². The van der Waals surface area contributed by atoms with Crippen LogP contribution in [0, 0.1) is 0 Å². The van der Waals surface area contributed by atoms with Gasteiger partial charge in [-0.25, -0.2) is 9.59 Å². The third kappa shape index (κ3) is 7.95. The van der Waals surface area contributed by atoms with Gasteiger partial charge in [-0.3, -0.25) is 14.9 Å². The summed E-state index contributed by atoms with van der Waals surface area (Å²) in [4.78, 5) is 46.8. The second-order valence-electron chi connectivity index (χ2n) is 6.04. The molecule has 1 aromatic rings. The Balaban J connectivity index is 2.71. The second-order valence-corrected chi connectivity index (χ2v) is 6.44. The van der Waals surface area contributed by atoms with E-state index in [4.69, 9.17) is 22.1 Å². The first-order valence-electron chi connectivity index (χ1n) is 8.21. The van der Waals surface area contributed by atoms with Crippen molar-refractivity contribution >= 4 is 35.5 Å². The third-order valence-corrected chi connectivity index (χ3v) is 3.65. The summed E-state index contributed by atoms with van der Waals surface area (Å²) < 4.78 is 5.03. The highest BCUT2D eigenvalue weighted by atomic mass is 35.5. The maximum absolute atomic E-state index is 12.2. The highest BCUT2D eigenvalue weighted by molar-refractivity contribution is 6.31. The van der Waals surface area contributed by atoms with Crippen LogP contribution in [0.3, 0.4) is 0 Å². The topological polar surface area (TPSA) is 140 Å². The lowest BCUT2D eigenvalue weighted by Gasteiger charge is -2.20. The van der Waals surface area contributed by atoms with E-state index in [-0.39, 0.29) is 12.5 Å². The largest absolute Gasteiger partial charge is 0.452 e. The van der Waals surface area contributed by atoms with Gasteiger partial charge in [0.2, 0.25) is 0 Å². The number of esters is 1. The number of ether oxygens (including phenoxy) is 1. The number of hydrogen-bond acceptors (Lipinski definition) is 5. The zero-order chi connectivity index (χ0) is 20.6. The quantitative estimate of drug-likeness (QED) is 0.516. The zero-order valence-electron chi connectivity index (χ0n) is 15.2. The average Bonchev–Trinajstić information content (AvgIpc) is 2.53. The Kier molecular flexibility index (Phi) is 8.53. The molecular weight excluding hydrogens is 376 g/mol.